The minimum Gasteiger partial charge on any atom is -0.467 e. The molecule has 3 aromatic carbocycles. The summed E-state index contributed by atoms with van der Waals surface area (Å²) in [4.78, 5) is 15.0. The van der Waals surface area contributed by atoms with Crippen LogP contribution in [0.5, 0.6) is 0 Å². The normalized spacial score (nSPS) is 16.5. The van der Waals surface area contributed by atoms with Gasteiger partial charge >= 0.3 is 0 Å². The fraction of sp³-hybridized carbons (Fsp3) is 0.0968. The number of amidine groups is 1. The molecule has 0 spiro atoms. The highest BCUT2D eigenvalue weighted by atomic mass is 32.2. The van der Waals surface area contributed by atoms with E-state index in [9.17, 15) is 4.79 Å². The zero-order chi connectivity index (χ0) is 26.4. The second-order valence-electron chi connectivity index (χ2n) is 9.01. The van der Waals surface area contributed by atoms with Crippen molar-refractivity contribution >= 4 is 29.1 Å². The van der Waals surface area contributed by atoms with Crippen LogP contribution in [-0.2, 0) is 17.8 Å². The zero-order valence-electron chi connectivity index (χ0n) is 21.0. The van der Waals surface area contributed by atoms with E-state index in [2.05, 4.69) is 10.2 Å². The van der Waals surface area contributed by atoms with Crippen LogP contribution in [-0.4, -0.2) is 37.2 Å². The molecule has 1 fully saturated rings. The molecule has 5 aromatic rings. The topological polar surface area (TPSA) is 76.0 Å². The Morgan fingerprint density at radius 1 is 0.897 bits per heavy atom. The predicted molar refractivity (Wildman–Crippen MR) is 155 cm³/mol. The molecule has 0 bridgehead atoms. The van der Waals surface area contributed by atoms with Gasteiger partial charge in [0.25, 0.3) is 0 Å². The van der Waals surface area contributed by atoms with Gasteiger partial charge in [-0.15, -0.1) is 5.10 Å². The summed E-state index contributed by atoms with van der Waals surface area (Å²) in [6.45, 7) is 0.305. The molecule has 0 saturated carbocycles. The van der Waals surface area contributed by atoms with Crippen molar-refractivity contribution in [3.8, 4) is 16.9 Å². The monoisotopic (exact) mass is 531 g/mol. The lowest BCUT2D eigenvalue weighted by Crippen LogP contribution is -2.32. The number of thioether (sulfide) groups is 1. The number of amides is 1. The summed E-state index contributed by atoms with van der Waals surface area (Å²) in [5.74, 6) is 0.688. The van der Waals surface area contributed by atoms with Crippen LogP contribution in [0, 0.1) is 0 Å². The van der Waals surface area contributed by atoms with E-state index in [1.54, 1.807) is 17.4 Å². The van der Waals surface area contributed by atoms with Gasteiger partial charge in [-0.3, -0.25) is 9.69 Å². The summed E-state index contributed by atoms with van der Waals surface area (Å²) >= 11 is 1.43. The fourth-order valence-corrected chi connectivity index (χ4v) is 5.54. The standard InChI is InChI=1S/C31H25N5O2S/c37-30-28(19-23-11-4-1-5-12-23)39-31(35(30)22-27-17-10-18-38-27)33-32-20-25-21-36(26-15-8-3-9-16-26)34-29(25)24-13-6-2-7-14-24/h1-18,20-21,28H,19,22H2. The van der Waals surface area contributed by atoms with Crippen molar-refractivity contribution < 1.29 is 9.21 Å². The smallest absolute Gasteiger partial charge is 0.242 e. The quantitative estimate of drug-likeness (QED) is 0.176. The number of aromatic nitrogens is 2. The third-order valence-electron chi connectivity index (χ3n) is 6.33. The van der Waals surface area contributed by atoms with E-state index in [1.807, 2.05) is 114 Å². The van der Waals surface area contributed by atoms with Gasteiger partial charge in [0.05, 0.1) is 30.0 Å². The van der Waals surface area contributed by atoms with Gasteiger partial charge in [-0.05, 0) is 36.2 Å². The van der Waals surface area contributed by atoms with E-state index in [4.69, 9.17) is 9.52 Å². The first-order valence-corrected chi connectivity index (χ1v) is 13.5. The van der Waals surface area contributed by atoms with Gasteiger partial charge in [0.2, 0.25) is 5.91 Å². The third kappa shape index (κ3) is 5.61. The van der Waals surface area contributed by atoms with Crippen LogP contribution in [0.2, 0.25) is 0 Å². The maximum atomic E-state index is 13.4. The Kier molecular flexibility index (Phi) is 7.18. The van der Waals surface area contributed by atoms with Crippen LogP contribution in [0.25, 0.3) is 16.9 Å². The molecule has 1 amide bonds. The fourth-order valence-electron chi connectivity index (χ4n) is 4.40. The number of furan rings is 1. The highest BCUT2D eigenvalue weighted by Crippen LogP contribution is 2.31. The third-order valence-corrected chi connectivity index (χ3v) is 7.49. The number of hydrogen-bond donors (Lipinski definition) is 0. The van der Waals surface area contributed by atoms with Crippen LogP contribution in [0.4, 0.5) is 0 Å². The summed E-state index contributed by atoms with van der Waals surface area (Å²) in [6.07, 6.45) is 5.86. The second-order valence-corrected chi connectivity index (χ2v) is 10.2. The number of nitrogens with zero attached hydrogens (tertiary/aromatic N) is 5. The van der Waals surface area contributed by atoms with Crippen molar-refractivity contribution in [3.05, 3.63) is 132 Å². The summed E-state index contributed by atoms with van der Waals surface area (Å²) in [7, 11) is 0. The van der Waals surface area contributed by atoms with Gasteiger partial charge in [0, 0.05) is 17.3 Å². The molecule has 1 aliphatic heterocycles. The molecule has 1 unspecified atom stereocenters. The van der Waals surface area contributed by atoms with Crippen molar-refractivity contribution in [2.24, 2.45) is 10.2 Å². The number of para-hydroxylation sites is 1. The Bertz CT molecular complexity index is 1600. The van der Waals surface area contributed by atoms with Crippen molar-refractivity contribution in [2.75, 3.05) is 0 Å². The SMILES string of the molecule is O=C1C(Cc2ccccc2)SC(=NN=Cc2cn(-c3ccccc3)nc2-c2ccccc2)N1Cc1ccco1. The molecule has 2 aromatic heterocycles. The zero-order valence-corrected chi connectivity index (χ0v) is 21.8. The first-order valence-electron chi connectivity index (χ1n) is 12.6. The summed E-state index contributed by atoms with van der Waals surface area (Å²) in [6, 6.07) is 33.6. The Morgan fingerprint density at radius 2 is 1.62 bits per heavy atom. The van der Waals surface area contributed by atoms with Gasteiger partial charge < -0.3 is 4.42 Å². The summed E-state index contributed by atoms with van der Waals surface area (Å²) < 4.78 is 7.36. The van der Waals surface area contributed by atoms with Crippen molar-refractivity contribution in [3.63, 3.8) is 0 Å². The largest absolute Gasteiger partial charge is 0.467 e. The lowest BCUT2D eigenvalue weighted by atomic mass is 10.1. The van der Waals surface area contributed by atoms with Crippen LogP contribution in [0.15, 0.2) is 130 Å². The summed E-state index contributed by atoms with van der Waals surface area (Å²) in [5.41, 5.74) is 4.65. The first-order chi connectivity index (χ1) is 19.2. The molecule has 0 N–H and O–H groups in total. The maximum absolute atomic E-state index is 13.4. The van der Waals surface area contributed by atoms with Crippen molar-refractivity contribution in [1.82, 2.24) is 14.7 Å². The molecule has 8 heteroatoms. The van der Waals surface area contributed by atoms with Crippen LogP contribution in [0.1, 0.15) is 16.9 Å². The lowest BCUT2D eigenvalue weighted by molar-refractivity contribution is -0.126. The van der Waals surface area contributed by atoms with Crippen LogP contribution < -0.4 is 0 Å². The molecule has 3 heterocycles. The number of benzene rings is 3. The molecule has 6 rings (SSSR count). The van der Waals surface area contributed by atoms with Gasteiger partial charge in [0.15, 0.2) is 5.17 Å². The predicted octanol–water partition coefficient (Wildman–Crippen LogP) is 6.21. The molecular weight excluding hydrogens is 506 g/mol. The van der Waals surface area contributed by atoms with Gasteiger partial charge in [0.1, 0.15) is 11.5 Å². The highest BCUT2D eigenvalue weighted by molar-refractivity contribution is 8.15. The lowest BCUT2D eigenvalue weighted by Gasteiger charge is -2.14. The number of carbonyl (C=O) groups excluding carboxylic acids is 1. The van der Waals surface area contributed by atoms with E-state index in [0.29, 0.717) is 23.9 Å². The van der Waals surface area contributed by atoms with Crippen molar-refractivity contribution in [2.45, 2.75) is 18.2 Å². The Labute approximate surface area is 230 Å². The summed E-state index contributed by atoms with van der Waals surface area (Å²) in [5, 5.41) is 14.0. The van der Waals surface area contributed by atoms with Crippen LogP contribution >= 0.6 is 11.8 Å². The molecular formula is C31H25N5O2S. The number of carbonyl (C=O) groups is 1. The Hall–Kier alpha value is -4.69. The Balaban J connectivity index is 1.31. The number of hydrogen-bond acceptors (Lipinski definition) is 6. The van der Waals surface area contributed by atoms with E-state index in [-0.39, 0.29) is 11.2 Å². The molecule has 192 valence electrons. The first kappa shape index (κ1) is 24.6. The van der Waals surface area contributed by atoms with E-state index in [1.165, 1.54) is 11.8 Å². The average Bonchev–Trinajstić information content (AvgIpc) is 3.72. The second kappa shape index (κ2) is 11.4. The Morgan fingerprint density at radius 3 is 2.33 bits per heavy atom. The number of rotatable bonds is 8. The van der Waals surface area contributed by atoms with Gasteiger partial charge in [-0.25, -0.2) is 4.68 Å². The molecule has 39 heavy (non-hydrogen) atoms. The molecule has 1 atom stereocenters. The van der Waals surface area contributed by atoms with Crippen molar-refractivity contribution in [1.29, 1.82) is 0 Å². The molecule has 1 aliphatic rings. The molecule has 0 radical (unpaired) electrons. The average molecular weight is 532 g/mol. The van der Waals surface area contributed by atoms with Gasteiger partial charge in [-0.1, -0.05) is 90.6 Å². The minimum absolute atomic E-state index is 0.00363. The minimum atomic E-state index is -0.281. The van der Waals surface area contributed by atoms with Crippen LogP contribution in [0.3, 0.4) is 0 Å². The molecule has 1 saturated heterocycles. The van der Waals surface area contributed by atoms with Gasteiger partial charge in [-0.2, -0.15) is 10.2 Å². The molecule has 7 nitrogen and oxygen atoms in total. The van der Waals surface area contributed by atoms with E-state index in [0.717, 1.165) is 28.1 Å². The van der Waals surface area contributed by atoms with E-state index < -0.39 is 0 Å². The highest BCUT2D eigenvalue weighted by Gasteiger charge is 2.38. The van der Waals surface area contributed by atoms with E-state index >= 15 is 0 Å². The molecule has 0 aliphatic carbocycles. The maximum Gasteiger partial charge on any atom is 0.242 e.